The maximum absolute atomic E-state index is 13.3. The topological polar surface area (TPSA) is 87.9 Å². The van der Waals surface area contributed by atoms with E-state index in [9.17, 15) is 9.18 Å². The van der Waals surface area contributed by atoms with Crippen LogP contribution in [0.1, 0.15) is 30.3 Å². The second-order valence-corrected chi connectivity index (χ2v) is 6.44. The Hall–Kier alpha value is -3.03. The number of amides is 1. The van der Waals surface area contributed by atoms with Crippen molar-refractivity contribution in [3.63, 3.8) is 0 Å². The molecule has 27 heavy (non-hydrogen) atoms. The Labute approximate surface area is 156 Å². The van der Waals surface area contributed by atoms with E-state index < -0.39 is 0 Å². The Morgan fingerprint density at radius 3 is 2.89 bits per heavy atom. The Morgan fingerprint density at radius 1 is 1.30 bits per heavy atom. The summed E-state index contributed by atoms with van der Waals surface area (Å²) in [7, 11) is 1.78. The minimum atomic E-state index is -0.284. The first kappa shape index (κ1) is 18.8. The first-order valence-electron chi connectivity index (χ1n) is 8.84. The van der Waals surface area contributed by atoms with Crippen LogP contribution < -0.4 is 0 Å². The van der Waals surface area contributed by atoms with E-state index in [2.05, 4.69) is 20.3 Å². The van der Waals surface area contributed by atoms with Crippen molar-refractivity contribution in [3.8, 4) is 11.3 Å². The molecule has 0 aliphatic rings. The number of rotatable bonds is 8. The van der Waals surface area contributed by atoms with Crippen molar-refractivity contribution in [2.75, 3.05) is 13.6 Å². The van der Waals surface area contributed by atoms with Crippen LogP contribution >= 0.6 is 0 Å². The molecule has 0 aliphatic carbocycles. The van der Waals surface area contributed by atoms with Crippen LogP contribution in [0.25, 0.3) is 11.3 Å². The summed E-state index contributed by atoms with van der Waals surface area (Å²) in [5.41, 5.74) is 2.40. The summed E-state index contributed by atoms with van der Waals surface area (Å²) in [6, 6.07) is 8.25. The second kappa shape index (κ2) is 8.57. The third kappa shape index (κ3) is 5.22. The van der Waals surface area contributed by atoms with Gasteiger partial charge in [-0.1, -0.05) is 17.3 Å². The van der Waals surface area contributed by atoms with Crippen molar-refractivity contribution >= 4 is 5.91 Å². The van der Waals surface area contributed by atoms with Gasteiger partial charge in [0.1, 0.15) is 5.82 Å². The van der Waals surface area contributed by atoms with Gasteiger partial charge in [-0.05, 0) is 38.0 Å². The minimum absolute atomic E-state index is 0.0379. The molecule has 8 heteroatoms. The zero-order valence-electron chi connectivity index (χ0n) is 15.4. The lowest BCUT2D eigenvalue weighted by molar-refractivity contribution is -0.130. The van der Waals surface area contributed by atoms with Crippen LogP contribution in [0.5, 0.6) is 0 Å². The van der Waals surface area contributed by atoms with E-state index in [0.29, 0.717) is 36.8 Å². The number of carbonyl (C=O) groups is 1. The predicted octanol–water partition coefficient (Wildman–Crippen LogP) is 2.93. The molecule has 0 aliphatic heterocycles. The van der Waals surface area contributed by atoms with Crippen LogP contribution in [0.2, 0.25) is 0 Å². The van der Waals surface area contributed by atoms with Crippen LogP contribution in [0.15, 0.2) is 34.9 Å². The number of nitrogens with one attached hydrogen (secondary N) is 1. The quantitative estimate of drug-likeness (QED) is 0.658. The van der Waals surface area contributed by atoms with E-state index in [4.69, 9.17) is 4.52 Å². The summed E-state index contributed by atoms with van der Waals surface area (Å²) in [4.78, 5) is 18.0. The monoisotopic (exact) mass is 371 g/mol. The number of aromatic amines is 1. The van der Waals surface area contributed by atoms with E-state index >= 15 is 0 Å². The number of nitrogens with zero attached hydrogens (tertiary/aromatic N) is 4. The molecule has 0 spiro atoms. The first-order chi connectivity index (χ1) is 13.0. The van der Waals surface area contributed by atoms with Gasteiger partial charge in [0.2, 0.25) is 11.8 Å². The molecule has 0 radical (unpaired) electrons. The summed E-state index contributed by atoms with van der Waals surface area (Å²) < 4.78 is 18.3. The smallest absolute Gasteiger partial charge is 0.227 e. The molecule has 2 aromatic heterocycles. The molecule has 0 saturated heterocycles. The van der Waals surface area contributed by atoms with Crippen molar-refractivity contribution in [1.82, 2.24) is 25.2 Å². The van der Waals surface area contributed by atoms with Crippen LogP contribution in [-0.2, 0) is 17.6 Å². The number of halogens is 1. The van der Waals surface area contributed by atoms with Gasteiger partial charge < -0.3 is 9.42 Å². The molecule has 0 fully saturated rings. The molecule has 0 saturated carbocycles. The van der Waals surface area contributed by atoms with Crippen LogP contribution in [0, 0.1) is 12.7 Å². The van der Waals surface area contributed by atoms with Gasteiger partial charge in [0.25, 0.3) is 0 Å². The van der Waals surface area contributed by atoms with E-state index in [-0.39, 0.29) is 11.7 Å². The average Bonchev–Trinajstić information content (AvgIpc) is 3.28. The number of hydrogen-bond acceptors (Lipinski definition) is 5. The summed E-state index contributed by atoms with van der Waals surface area (Å²) >= 11 is 0. The van der Waals surface area contributed by atoms with Gasteiger partial charge in [0.05, 0.1) is 5.69 Å². The molecule has 0 bridgehead atoms. The third-order valence-electron chi connectivity index (χ3n) is 4.24. The van der Waals surface area contributed by atoms with E-state index in [1.807, 2.05) is 12.1 Å². The van der Waals surface area contributed by atoms with Crippen LogP contribution in [0.3, 0.4) is 0 Å². The predicted molar refractivity (Wildman–Crippen MR) is 97.3 cm³/mol. The fourth-order valence-corrected chi connectivity index (χ4v) is 2.76. The lowest BCUT2D eigenvalue weighted by atomic mass is 10.1. The number of H-pyrrole nitrogens is 1. The molecule has 0 unspecified atom stereocenters. The first-order valence-corrected chi connectivity index (χ1v) is 8.84. The standard InChI is InChI=1S/C19H22FN5O2/c1-13-21-18(27-24-13)8-9-19(26)25(2)10-4-7-16-12-17(23-22-16)14-5-3-6-15(20)11-14/h3,5-6,11-12H,4,7-10H2,1-2H3,(H,22,23). The minimum Gasteiger partial charge on any atom is -0.346 e. The van der Waals surface area contributed by atoms with E-state index in [0.717, 1.165) is 24.1 Å². The molecule has 0 atom stereocenters. The molecule has 3 aromatic rings. The highest BCUT2D eigenvalue weighted by molar-refractivity contribution is 5.75. The summed E-state index contributed by atoms with van der Waals surface area (Å²) in [6.45, 7) is 2.38. The summed E-state index contributed by atoms with van der Waals surface area (Å²) in [5, 5.41) is 10.9. The second-order valence-electron chi connectivity index (χ2n) is 6.44. The van der Waals surface area contributed by atoms with Gasteiger partial charge in [-0.2, -0.15) is 10.1 Å². The van der Waals surface area contributed by atoms with Crippen molar-refractivity contribution in [1.29, 1.82) is 0 Å². The fourth-order valence-electron chi connectivity index (χ4n) is 2.76. The highest BCUT2D eigenvalue weighted by Crippen LogP contribution is 2.19. The molecule has 3 rings (SSSR count). The van der Waals surface area contributed by atoms with Gasteiger partial charge in [-0.25, -0.2) is 4.39 Å². The van der Waals surface area contributed by atoms with Crippen molar-refractivity contribution in [2.45, 2.75) is 32.6 Å². The largest absolute Gasteiger partial charge is 0.346 e. The van der Waals surface area contributed by atoms with Crippen LogP contribution in [-0.4, -0.2) is 44.7 Å². The highest BCUT2D eigenvalue weighted by Gasteiger charge is 2.12. The van der Waals surface area contributed by atoms with Crippen molar-refractivity contribution in [2.24, 2.45) is 0 Å². The van der Waals surface area contributed by atoms with Gasteiger partial charge in [-0.15, -0.1) is 0 Å². The Bertz CT molecular complexity index is 905. The Morgan fingerprint density at radius 2 is 2.15 bits per heavy atom. The lowest BCUT2D eigenvalue weighted by Crippen LogP contribution is -2.28. The number of benzene rings is 1. The molecular formula is C19H22FN5O2. The molecule has 1 N–H and O–H groups in total. The number of aryl methyl sites for hydroxylation is 3. The maximum atomic E-state index is 13.3. The zero-order valence-corrected chi connectivity index (χ0v) is 15.4. The highest BCUT2D eigenvalue weighted by atomic mass is 19.1. The SMILES string of the molecule is Cc1noc(CCC(=O)N(C)CCCc2cc(-c3cccc(F)c3)n[nH]2)n1. The lowest BCUT2D eigenvalue weighted by Gasteiger charge is -2.16. The van der Waals surface area contributed by atoms with E-state index in [1.165, 1.54) is 12.1 Å². The average molecular weight is 371 g/mol. The maximum Gasteiger partial charge on any atom is 0.227 e. The molecule has 2 heterocycles. The summed E-state index contributed by atoms with van der Waals surface area (Å²) in [6.07, 6.45) is 2.34. The van der Waals surface area contributed by atoms with E-state index in [1.54, 1.807) is 24.9 Å². The molecule has 1 amide bonds. The fraction of sp³-hybridized carbons (Fsp3) is 0.368. The molecule has 1 aromatic carbocycles. The number of carbonyl (C=O) groups excluding carboxylic acids is 1. The van der Waals surface area contributed by atoms with Gasteiger partial charge in [-0.3, -0.25) is 9.89 Å². The molecule has 7 nitrogen and oxygen atoms in total. The van der Waals surface area contributed by atoms with Crippen molar-refractivity contribution in [3.05, 3.63) is 53.6 Å². The number of hydrogen-bond donors (Lipinski definition) is 1. The van der Waals surface area contributed by atoms with Gasteiger partial charge in [0, 0.05) is 37.7 Å². The molecule has 142 valence electrons. The molecular weight excluding hydrogens is 349 g/mol. The Kier molecular flexibility index (Phi) is 5.95. The van der Waals surface area contributed by atoms with Crippen LogP contribution in [0.4, 0.5) is 4.39 Å². The normalized spacial score (nSPS) is 10.9. The third-order valence-corrected chi connectivity index (χ3v) is 4.24. The van der Waals surface area contributed by atoms with Gasteiger partial charge in [0.15, 0.2) is 5.82 Å². The summed E-state index contributed by atoms with van der Waals surface area (Å²) in [5.74, 6) is 0.809. The Balaban J connectivity index is 1.43. The van der Waals surface area contributed by atoms with Gasteiger partial charge >= 0.3 is 0 Å². The zero-order chi connectivity index (χ0) is 19.2. The van der Waals surface area contributed by atoms with Crippen molar-refractivity contribution < 1.29 is 13.7 Å². The number of aromatic nitrogens is 4.